The van der Waals surface area contributed by atoms with Gasteiger partial charge in [0.25, 0.3) is 0 Å². The van der Waals surface area contributed by atoms with Gasteiger partial charge >= 0.3 is 0 Å². The number of phenols is 1. The first kappa shape index (κ1) is 10.2. The molecule has 0 saturated heterocycles. The van der Waals surface area contributed by atoms with E-state index in [9.17, 15) is 5.11 Å². The number of phenolic OH excluding ortho intramolecular Hbond substituents is 1. The Hall–Kier alpha value is -1.84. The highest BCUT2D eigenvalue weighted by Crippen LogP contribution is 2.37. The van der Waals surface area contributed by atoms with Crippen molar-refractivity contribution >= 4 is 6.08 Å². The largest absolute Gasteiger partial charge is 0.516 e. The SMILES string of the molecule is COc1cc(/C=C/O)cc(OC)c1O. The van der Waals surface area contributed by atoms with Crippen LogP contribution in [0.4, 0.5) is 0 Å². The lowest BCUT2D eigenvalue weighted by molar-refractivity contribution is 0.339. The molecule has 0 bridgehead atoms. The summed E-state index contributed by atoms with van der Waals surface area (Å²) in [6.07, 6.45) is 2.37. The number of methoxy groups -OCH3 is 2. The maximum atomic E-state index is 9.54. The number of aromatic hydroxyl groups is 1. The summed E-state index contributed by atoms with van der Waals surface area (Å²) in [4.78, 5) is 0. The molecule has 0 heterocycles. The predicted molar refractivity (Wildman–Crippen MR) is 52.9 cm³/mol. The average Bonchev–Trinajstić information content (AvgIpc) is 2.20. The van der Waals surface area contributed by atoms with Gasteiger partial charge in [-0.3, -0.25) is 0 Å². The zero-order valence-corrected chi connectivity index (χ0v) is 8.02. The third-order valence-electron chi connectivity index (χ3n) is 1.77. The van der Waals surface area contributed by atoms with Gasteiger partial charge in [-0.1, -0.05) is 0 Å². The molecule has 0 fully saturated rings. The lowest BCUT2D eigenvalue weighted by Crippen LogP contribution is -1.90. The van der Waals surface area contributed by atoms with Crippen molar-refractivity contribution in [3.05, 3.63) is 24.0 Å². The fourth-order valence-corrected chi connectivity index (χ4v) is 1.10. The van der Waals surface area contributed by atoms with Crippen molar-refractivity contribution < 1.29 is 19.7 Å². The van der Waals surface area contributed by atoms with E-state index < -0.39 is 0 Å². The molecule has 0 aliphatic rings. The Balaban J connectivity index is 3.24. The minimum atomic E-state index is -0.0508. The molecule has 0 saturated carbocycles. The summed E-state index contributed by atoms with van der Waals surface area (Å²) in [7, 11) is 2.89. The molecule has 0 radical (unpaired) electrons. The third kappa shape index (κ3) is 1.90. The fourth-order valence-electron chi connectivity index (χ4n) is 1.10. The number of aliphatic hydroxyl groups is 1. The Morgan fingerprint density at radius 3 is 2.00 bits per heavy atom. The molecule has 0 amide bonds. The Labute approximate surface area is 82.0 Å². The molecule has 0 spiro atoms. The van der Waals surface area contributed by atoms with Crippen LogP contribution in [0.1, 0.15) is 5.56 Å². The van der Waals surface area contributed by atoms with Gasteiger partial charge in [-0.25, -0.2) is 0 Å². The van der Waals surface area contributed by atoms with E-state index in [-0.39, 0.29) is 5.75 Å². The van der Waals surface area contributed by atoms with Crippen molar-refractivity contribution in [1.82, 2.24) is 0 Å². The van der Waals surface area contributed by atoms with E-state index in [0.717, 1.165) is 6.26 Å². The fraction of sp³-hybridized carbons (Fsp3) is 0.200. The molecule has 0 atom stereocenters. The van der Waals surface area contributed by atoms with E-state index >= 15 is 0 Å². The van der Waals surface area contributed by atoms with Gasteiger partial charge in [0.1, 0.15) is 0 Å². The Kier molecular flexibility index (Phi) is 3.23. The predicted octanol–water partition coefficient (Wildman–Crippen LogP) is 1.94. The first-order valence-corrected chi connectivity index (χ1v) is 3.98. The maximum Gasteiger partial charge on any atom is 0.200 e. The highest BCUT2D eigenvalue weighted by molar-refractivity contribution is 5.61. The van der Waals surface area contributed by atoms with Crippen LogP contribution in [0.2, 0.25) is 0 Å². The first-order chi connectivity index (χ1) is 6.72. The van der Waals surface area contributed by atoms with Gasteiger partial charge in [-0.15, -0.1) is 0 Å². The summed E-state index contributed by atoms with van der Waals surface area (Å²) < 4.78 is 9.86. The van der Waals surface area contributed by atoms with Crippen LogP contribution in [0, 0.1) is 0 Å². The second kappa shape index (κ2) is 4.41. The molecule has 0 aliphatic carbocycles. The van der Waals surface area contributed by atoms with Crippen molar-refractivity contribution in [2.45, 2.75) is 0 Å². The summed E-state index contributed by atoms with van der Waals surface area (Å²) in [6.45, 7) is 0. The molecule has 4 heteroatoms. The molecule has 0 aromatic heterocycles. The van der Waals surface area contributed by atoms with E-state index in [1.54, 1.807) is 12.1 Å². The quantitative estimate of drug-likeness (QED) is 0.725. The smallest absolute Gasteiger partial charge is 0.200 e. The van der Waals surface area contributed by atoms with Crippen LogP contribution < -0.4 is 9.47 Å². The summed E-state index contributed by atoms with van der Waals surface area (Å²) in [6, 6.07) is 3.18. The molecule has 4 nitrogen and oxygen atoms in total. The zero-order valence-electron chi connectivity index (χ0n) is 8.02. The normalized spacial score (nSPS) is 10.4. The Morgan fingerprint density at radius 1 is 1.14 bits per heavy atom. The van der Waals surface area contributed by atoms with Crippen LogP contribution in [-0.4, -0.2) is 24.4 Å². The number of benzene rings is 1. The van der Waals surface area contributed by atoms with Crippen LogP contribution >= 0.6 is 0 Å². The number of aliphatic hydroxyl groups excluding tert-OH is 1. The van der Waals surface area contributed by atoms with Gasteiger partial charge in [0.15, 0.2) is 11.5 Å². The Morgan fingerprint density at radius 2 is 1.64 bits per heavy atom. The summed E-state index contributed by atoms with van der Waals surface area (Å²) in [5, 5.41) is 18.1. The van der Waals surface area contributed by atoms with E-state index in [0.29, 0.717) is 17.1 Å². The summed E-state index contributed by atoms with van der Waals surface area (Å²) >= 11 is 0. The number of ether oxygens (including phenoxy) is 2. The second-order valence-corrected chi connectivity index (χ2v) is 2.59. The highest BCUT2D eigenvalue weighted by Gasteiger charge is 2.09. The van der Waals surface area contributed by atoms with Gasteiger partial charge in [0.2, 0.25) is 5.75 Å². The number of hydrogen-bond acceptors (Lipinski definition) is 4. The average molecular weight is 196 g/mol. The standard InChI is InChI=1S/C10H12O4/c1-13-8-5-7(3-4-11)6-9(14-2)10(8)12/h3-6,11-12H,1-2H3/b4-3+. The highest BCUT2D eigenvalue weighted by atomic mass is 16.5. The molecule has 0 unspecified atom stereocenters. The molecule has 14 heavy (non-hydrogen) atoms. The van der Waals surface area contributed by atoms with E-state index in [4.69, 9.17) is 14.6 Å². The van der Waals surface area contributed by atoms with Crippen LogP contribution in [0.15, 0.2) is 18.4 Å². The minimum absolute atomic E-state index is 0.0508. The second-order valence-electron chi connectivity index (χ2n) is 2.59. The van der Waals surface area contributed by atoms with Gasteiger partial charge in [-0.05, 0) is 23.8 Å². The molecule has 1 rings (SSSR count). The van der Waals surface area contributed by atoms with Crippen LogP contribution in [0.25, 0.3) is 6.08 Å². The zero-order chi connectivity index (χ0) is 10.6. The first-order valence-electron chi connectivity index (χ1n) is 3.98. The van der Waals surface area contributed by atoms with Gasteiger partial charge < -0.3 is 19.7 Å². The van der Waals surface area contributed by atoms with Crippen molar-refractivity contribution in [3.63, 3.8) is 0 Å². The molecule has 1 aromatic rings. The van der Waals surface area contributed by atoms with Crippen molar-refractivity contribution in [1.29, 1.82) is 0 Å². The van der Waals surface area contributed by atoms with Crippen molar-refractivity contribution in [2.24, 2.45) is 0 Å². The summed E-state index contributed by atoms with van der Waals surface area (Å²) in [5.74, 6) is 0.556. The molecule has 0 aliphatic heterocycles. The maximum absolute atomic E-state index is 9.54. The van der Waals surface area contributed by atoms with E-state index in [1.165, 1.54) is 20.3 Å². The van der Waals surface area contributed by atoms with E-state index in [2.05, 4.69) is 0 Å². The molecule has 2 N–H and O–H groups in total. The summed E-state index contributed by atoms with van der Waals surface area (Å²) in [5.41, 5.74) is 0.680. The molecular weight excluding hydrogens is 184 g/mol. The number of hydrogen-bond donors (Lipinski definition) is 2. The van der Waals surface area contributed by atoms with Crippen LogP contribution in [0.5, 0.6) is 17.2 Å². The molecular formula is C10H12O4. The van der Waals surface area contributed by atoms with Gasteiger partial charge in [0, 0.05) is 0 Å². The molecule has 76 valence electrons. The molecule has 1 aromatic carbocycles. The monoisotopic (exact) mass is 196 g/mol. The number of rotatable bonds is 3. The topological polar surface area (TPSA) is 58.9 Å². The van der Waals surface area contributed by atoms with Crippen molar-refractivity contribution in [3.8, 4) is 17.2 Å². The van der Waals surface area contributed by atoms with Gasteiger partial charge in [-0.2, -0.15) is 0 Å². The Bertz CT molecular complexity index is 319. The third-order valence-corrected chi connectivity index (χ3v) is 1.77. The van der Waals surface area contributed by atoms with E-state index in [1.807, 2.05) is 0 Å². The van der Waals surface area contributed by atoms with Crippen molar-refractivity contribution in [2.75, 3.05) is 14.2 Å². The lowest BCUT2D eigenvalue weighted by Gasteiger charge is -2.09. The lowest BCUT2D eigenvalue weighted by atomic mass is 10.2. The minimum Gasteiger partial charge on any atom is -0.516 e. The van der Waals surface area contributed by atoms with Crippen LogP contribution in [-0.2, 0) is 0 Å². The van der Waals surface area contributed by atoms with Gasteiger partial charge in [0.05, 0.1) is 20.5 Å². The van der Waals surface area contributed by atoms with Crippen LogP contribution in [0.3, 0.4) is 0 Å².